The first kappa shape index (κ1) is 16.4. The minimum absolute atomic E-state index is 0.0384. The van der Waals surface area contributed by atoms with E-state index in [9.17, 15) is 14.7 Å². The van der Waals surface area contributed by atoms with Crippen LogP contribution in [0.2, 0.25) is 0 Å². The lowest BCUT2D eigenvalue weighted by Crippen LogP contribution is -2.23. The maximum atomic E-state index is 12.7. The zero-order chi connectivity index (χ0) is 17.8. The quantitative estimate of drug-likeness (QED) is 0.797. The largest absolute Gasteiger partial charge is 0.545 e. The summed E-state index contributed by atoms with van der Waals surface area (Å²) in [6.45, 7) is 1.83. The van der Waals surface area contributed by atoms with E-state index in [-0.39, 0.29) is 11.5 Å². The van der Waals surface area contributed by atoms with Crippen LogP contribution < -0.4 is 10.4 Å². The zero-order valence-corrected chi connectivity index (χ0v) is 13.5. The maximum Gasteiger partial charge on any atom is 0.257 e. The molecule has 3 rings (SSSR count). The second kappa shape index (κ2) is 6.97. The number of hydrogen-bond acceptors (Lipinski definition) is 4. The van der Waals surface area contributed by atoms with Crippen molar-refractivity contribution in [3.63, 3.8) is 0 Å². The molecule has 0 aliphatic rings. The number of aromatic carboxylic acids is 1. The molecule has 124 valence electrons. The number of aryl methyl sites for hydroxylation is 1. The maximum absolute atomic E-state index is 12.7. The monoisotopic (exact) mass is 331 g/mol. The number of carboxylic acids is 1. The molecule has 5 nitrogen and oxygen atoms in total. The Kier molecular flexibility index (Phi) is 4.57. The Morgan fingerprint density at radius 3 is 2.08 bits per heavy atom. The van der Waals surface area contributed by atoms with Crippen LogP contribution in [0.4, 0.5) is 5.82 Å². The molecule has 0 fully saturated rings. The summed E-state index contributed by atoms with van der Waals surface area (Å²) in [4.78, 5) is 28.3. The molecule has 25 heavy (non-hydrogen) atoms. The van der Waals surface area contributed by atoms with Crippen molar-refractivity contribution in [1.29, 1.82) is 0 Å². The molecular weight excluding hydrogens is 316 g/mol. The molecule has 2 aromatic carbocycles. The molecule has 0 spiro atoms. The van der Waals surface area contributed by atoms with E-state index in [1.807, 2.05) is 13.0 Å². The van der Waals surface area contributed by atoms with Gasteiger partial charge in [0.1, 0.15) is 5.82 Å². The summed E-state index contributed by atoms with van der Waals surface area (Å²) in [5.41, 5.74) is 2.14. The highest BCUT2D eigenvalue weighted by Crippen LogP contribution is 2.27. The average molecular weight is 331 g/mol. The van der Waals surface area contributed by atoms with E-state index in [4.69, 9.17) is 0 Å². The third-order valence-corrected chi connectivity index (χ3v) is 3.74. The summed E-state index contributed by atoms with van der Waals surface area (Å²) in [6.07, 6.45) is 0. The predicted molar refractivity (Wildman–Crippen MR) is 93.1 cm³/mol. The molecule has 0 aliphatic heterocycles. The van der Waals surface area contributed by atoms with Crippen LogP contribution in [0.5, 0.6) is 0 Å². The minimum Gasteiger partial charge on any atom is -0.545 e. The molecule has 0 saturated heterocycles. The SMILES string of the molecule is Cc1cccc(NC(=O)c2ccccc2-c2ccccc2C(=O)[O-])n1. The van der Waals surface area contributed by atoms with Crippen molar-refractivity contribution >= 4 is 17.7 Å². The number of anilines is 1. The number of rotatable bonds is 4. The number of nitrogens with zero attached hydrogens (tertiary/aromatic N) is 1. The molecule has 1 amide bonds. The third kappa shape index (κ3) is 3.55. The summed E-state index contributed by atoms with van der Waals surface area (Å²) in [6, 6.07) is 18.6. The van der Waals surface area contributed by atoms with Crippen LogP contribution in [-0.2, 0) is 0 Å². The van der Waals surface area contributed by atoms with Gasteiger partial charge in [0.25, 0.3) is 5.91 Å². The molecule has 0 radical (unpaired) electrons. The Hall–Kier alpha value is -3.47. The molecule has 0 atom stereocenters. The van der Waals surface area contributed by atoms with Crippen LogP contribution in [0.3, 0.4) is 0 Å². The Bertz CT molecular complexity index is 951. The zero-order valence-electron chi connectivity index (χ0n) is 13.5. The number of carbonyl (C=O) groups excluding carboxylic acids is 2. The van der Waals surface area contributed by atoms with Crippen LogP contribution in [0.25, 0.3) is 11.1 Å². The highest BCUT2D eigenvalue weighted by Gasteiger charge is 2.15. The third-order valence-electron chi connectivity index (χ3n) is 3.74. The van der Waals surface area contributed by atoms with E-state index in [1.54, 1.807) is 54.6 Å². The van der Waals surface area contributed by atoms with E-state index in [0.717, 1.165) is 5.69 Å². The van der Waals surface area contributed by atoms with Crippen molar-refractivity contribution in [3.05, 3.63) is 83.6 Å². The fraction of sp³-hybridized carbons (Fsp3) is 0.0500. The van der Waals surface area contributed by atoms with Crippen LogP contribution in [-0.4, -0.2) is 16.9 Å². The fourth-order valence-corrected chi connectivity index (χ4v) is 2.61. The first-order valence-electron chi connectivity index (χ1n) is 7.71. The second-order valence-electron chi connectivity index (χ2n) is 5.50. The summed E-state index contributed by atoms with van der Waals surface area (Å²) in [5, 5.41) is 14.1. The number of amides is 1. The van der Waals surface area contributed by atoms with Crippen molar-refractivity contribution in [2.75, 3.05) is 5.32 Å². The normalized spacial score (nSPS) is 10.3. The Labute approximate surface area is 145 Å². The van der Waals surface area contributed by atoms with Gasteiger partial charge in [-0.05, 0) is 36.2 Å². The second-order valence-corrected chi connectivity index (χ2v) is 5.50. The number of nitrogens with one attached hydrogen (secondary N) is 1. The fourth-order valence-electron chi connectivity index (χ4n) is 2.61. The number of pyridine rings is 1. The molecule has 0 aliphatic carbocycles. The van der Waals surface area contributed by atoms with Gasteiger partial charge in [-0.2, -0.15) is 0 Å². The lowest BCUT2D eigenvalue weighted by molar-refractivity contribution is -0.254. The summed E-state index contributed by atoms with van der Waals surface area (Å²) >= 11 is 0. The van der Waals surface area contributed by atoms with Gasteiger partial charge < -0.3 is 15.2 Å². The van der Waals surface area contributed by atoms with Gasteiger partial charge in [-0.15, -0.1) is 0 Å². The van der Waals surface area contributed by atoms with Crippen LogP contribution in [0, 0.1) is 6.92 Å². The first-order valence-corrected chi connectivity index (χ1v) is 7.71. The van der Waals surface area contributed by atoms with Crippen LogP contribution >= 0.6 is 0 Å². The van der Waals surface area contributed by atoms with E-state index in [1.165, 1.54) is 6.07 Å². The Balaban J connectivity index is 2.02. The Morgan fingerprint density at radius 2 is 1.44 bits per heavy atom. The van der Waals surface area contributed by atoms with Crippen molar-refractivity contribution in [3.8, 4) is 11.1 Å². The number of carbonyl (C=O) groups is 2. The van der Waals surface area contributed by atoms with Crippen molar-refractivity contribution in [2.45, 2.75) is 6.92 Å². The molecule has 0 saturated carbocycles. The van der Waals surface area contributed by atoms with Gasteiger partial charge in [0.15, 0.2) is 0 Å². The van der Waals surface area contributed by atoms with Crippen LogP contribution in [0.15, 0.2) is 66.7 Å². The highest BCUT2D eigenvalue weighted by molar-refractivity contribution is 6.09. The average Bonchev–Trinajstić information content (AvgIpc) is 2.61. The highest BCUT2D eigenvalue weighted by atomic mass is 16.4. The topological polar surface area (TPSA) is 82.1 Å². The molecule has 5 heteroatoms. The molecule has 1 N–H and O–H groups in total. The first-order chi connectivity index (χ1) is 12.1. The van der Waals surface area contributed by atoms with Gasteiger partial charge in [0.2, 0.25) is 0 Å². The summed E-state index contributed by atoms with van der Waals surface area (Å²) in [7, 11) is 0. The van der Waals surface area contributed by atoms with Gasteiger partial charge >= 0.3 is 0 Å². The predicted octanol–water partition coefficient (Wildman–Crippen LogP) is 2.67. The lowest BCUT2D eigenvalue weighted by Gasteiger charge is -2.14. The standard InChI is InChI=1S/C20H16N2O3/c1-13-7-6-12-18(21-13)22-19(23)16-10-4-2-8-14(16)15-9-3-5-11-17(15)20(24)25/h2-12H,1H3,(H,24,25)(H,21,22,23)/p-1. The summed E-state index contributed by atoms with van der Waals surface area (Å²) < 4.78 is 0. The number of carboxylic acid groups (broad SMARTS) is 1. The van der Waals surface area contributed by atoms with Crippen molar-refractivity contribution in [1.82, 2.24) is 4.98 Å². The molecule has 1 heterocycles. The smallest absolute Gasteiger partial charge is 0.257 e. The number of aromatic nitrogens is 1. The van der Waals surface area contributed by atoms with Gasteiger partial charge in [-0.3, -0.25) is 4.79 Å². The van der Waals surface area contributed by atoms with Gasteiger partial charge in [-0.25, -0.2) is 4.98 Å². The number of hydrogen-bond donors (Lipinski definition) is 1. The minimum atomic E-state index is -1.29. The molecular formula is C20H15N2O3-. The summed E-state index contributed by atoms with van der Waals surface area (Å²) in [5.74, 6) is -1.21. The van der Waals surface area contributed by atoms with Gasteiger partial charge in [0.05, 0.1) is 5.97 Å². The Morgan fingerprint density at radius 1 is 0.840 bits per heavy atom. The molecule has 1 aromatic heterocycles. The van der Waals surface area contributed by atoms with Crippen molar-refractivity contribution in [2.24, 2.45) is 0 Å². The van der Waals surface area contributed by atoms with Gasteiger partial charge in [-0.1, -0.05) is 48.5 Å². The van der Waals surface area contributed by atoms with Crippen LogP contribution in [0.1, 0.15) is 26.4 Å². The van der Waals surface area contributed by atoms with E-state index < -0.39 is 5.97 Å². The van der Waals surface area contributed by atoms with E-state index in [0.29, 0.717) is 22.5 Å². The van der Waals surface area contributed by atoms with E-state index >= 15 is 0 Å². The van der Waals surface area contributed by atoms with Crippen molar-refractivity contribution < 1.29 is 14.7 Å². The molecule has 3 aromatic rings. The van der Waals surface area contributed by atoms with Gasteiger partial charge in [0, 0.05) is 16.8 Å². The lowest BCUT2D eigenvalue weighted by atomic mass is 9.95. The molecule has 0 unspecified atom stereocenters. The van der Waals surface area contributed by atoms with E-state index in [2.05, 4.69) is 10.3 Å². The number of benzene rings is 2. The molecule has 0 bridgehead atoms.